The molecule has 4 aromatic carbocycles. The molecule has 0 radical (unpaired) electrons. The zero-order valence-corrected chi connectivity index (χ0v) is 26.1. The van der Waals surface area contributed by atoms with Crippen LogP contribution in [0.2, 0.25) is 10.0 Å². The van der Waals surface area contributed by atoms with Crippen LogP contribution >= 0.6 is 23.2 Å². The number of aryl methyl sites for hydroxylation is 2. The van der Waals surface area contributed by atoms with E-state index in [4.69, 9.17) is 42.1 Å². The number of hydrogen-bond acceptors (Lipinski definition) is 4. The van der Waals surface area contributed by atoms with Gasteiger partial charge in [0.15, 0.2) is 5.75 Å². The SMILES string of the molecule is COc1ccc(OC)c(-c2ccc(C(C[NH3+])Cc3ccc(OCCOc4c(Cl)cc(C)cc4Cl)cc3)c(C)c2)c1.[Cl-]. The fourth-order valence-electron chi connectivity index (χ4n) is 4.84. The van der Waals surface area contributed by atoms with Gasteiger partial charge in [0.25, 0.3) is 0 Å². The summed E-state index contributed by atoms with van der Waals surface area (Å²) in [5.74, 6) is 3.18. The van der Waals surface area contributed by atoms with Gasteiger partial charge in [0.1, 0.15) is 30.5 Å². The molecule has 0 bridgehead atoms. The summed E-state index contributed by atoms with van der Waals surface area (Å²) < 4.78 is 22.6. The van der Waals surface area contributed by atoms with Gasteiger partial charge in [0.05, 0.1) is 30.8 Å². The first-order chi connectivity index (χ1) is 19.3. The Hall–Kier alpha value is -3.09. The standard InChI is InChI=1S/C33H35Cl2NO4.ClH/c1-21-15-30(34)33(31(35)16-21)40-14-13-39-26-8-5-23(6-9-26)18-25(20-36)28-11-7-24(17-22(28)2)29-19-27(37-3)10-12-32(29)38-4;/h5-12,15-17,19,25H,13-14,18,20,36H2,1-4H3;1H. The maximum atomic E-state index is 6.25. The highest BCUT2D eigenvalue weighted by atomic mass is 35.5. The second-order valence-corrected chi connectivity index (χ2v) is 10.5. The van der Waals surface area contributed by atoms with E-state index in [0.29, 0.717) is 34.9 Å². The molecule has 0 aliphatic heterocycles. The Morgan fingerprint density at radius 1 is 0.756 bits per heavy atom. The maximum Gasteiger partial charge on any atom is 0.156 e. The minimum absolute atomic E-state index is 0. The van der Waals surface area contributed by atoms with Crippen molar-refractivity contribution in [1.82, 2.24) is 0 Å². The number of rotatable bonds is 12. The zero-order chi connectivity index (χ0) is 28.6. The van der Waals surface area contributed by atoms with E-state index in [1.807, 2.05) is 49.4 Å². The maximum absolute atomic E-state index is 6.25. The molecule has 0 aromatic heterocycles. The topological polar surface area (TPSA) is 64.6 Å². The van der Waals surface area contributed by atoms with Gasteiger partial charge in [0.2, 0.25) is 0 Å². The second-order valence-electron chi connectivity index (χ2n) is 9.73. The summed E-state index contributed by atoms with van der Waals surface area (Å²) in [5.41, 5.74) is 11.1. The fourth-order valence-corrected chi connectivity index (χ4v) is 5.55. The van der Waals surface area contributed by atoms with Crippen molar-refractivity contribution >= 4 is 23.2 Å². The normalized spacial score (nSPS) is 11.4. The van der Waals surface area contributed by atoms with Gasteiger partial charge < -0.3 is 37.1 Å². The van der Waals surface area contributed by atoms with Gasteiger partial charge in [-0.2, -0.15) is 0 Å². The van der Waals surface area contributed by atoms with Crippen LogP contribution in [-0.4, -0.2) is 34.0 Å². The van der Waals surface area contributed by atoms with Crippen molar-refractivity contribution in [2.24, 2.45) is 0 Å². The van der Waals surface area contributed by atoms with Crippen LogP contribution in [0.1, 0.15) is 28.2 Å². The molecule has 218 valence electrons. The van der Waals surface area contributed by atoms with Gasteiger partial charge in [0, 0.05) is 11.5 Å². The molecule has 0 heterocycles. The van der Waals surface area contributed by atoms with Crippen LogP contribution in [-0.2, 0) is 6.42 Å². The van der Waals surface area contributed by atoms with Crippen molar-refractivity contribution < 1.29 is 37.1 Å². The smallest absolute Gasteiger partial charge is 0.156 e. The third kappa shape index (κ3) is 8.23. The van der Waals surface area contributed by atoms with Gasteiger partial charge >= 0.3 is 0 Å². The van der Waals surface area contributed by atoms with Crippen LogP contribution in [0.3, 0.4) is 0 Å². The number of halogens is 3. The van der Waals surface area contributed by atoms with E-state index in [1.165, 1.54) is 16.7 Å². The Morgan fingerprint density at radius 3 is 2.02 bits per heavy atom. The number of methoxy groups -OCH3 is 2. The Morgan fingerprint density at radius 2 is 1.41 bits per heavy atom. The molecule has 4 aromatic rings. The minimum atomic E-state index is 0. The summed E-state index contributed by atoms with van der Waals surface area (Å²) in [4.78, 5) is 0. The summed E-state index contributed by atoms with van der Waals surface area (Å²) in [7, 11) is 3.36. The molecule has 3 N–H and O–H groups in total. The molecule has 8 heteroatoms. The van der Waals surface area contributed by atoms with E-state index in [-0.39, 0.29) is 12.4 Å². The molecule has 0 amide bonds. The van der Waals surface area contributed by atoms with E-state index in [0.717, 1.165) is 46.9 Å². The lowest BCUT2D eigenvalue weighted by molar-refractivity contribution is -0.372. The summed E-state index contributed by atoms with van der Waals surface area (Å²) in [6, 6.07) is 24.3. The van der Waals surface area contributed by atoms with Crippen molar-refractivity contribution in [2.75, 3.05) is 34.0 Å². The number of ether oxygens (including phenoxy) is 4. The largest absolute Gasteiger partial charge is 1.00 e. The molecule has 0 aliphatic carbocycles. The molecule has 5 nitrogen and oxygen atoms in total. The fraction of sp³-hybridized carbons (Fsp3) is 0.273. The van der Waals surface area contributed by atoms with E-state index in [2.05, 4.69) is 43.0 Å². The van der Waals surface area contributed by atoms with Crippen molar-refractivity contribution in [3.63, 3.8) is 0 Å². The first kappa shape index (κ1) is 32.4. The molecule has 1 atom stereocenters. The second kappa shape index (κ2) is 15.2. The van der Waals surface area contributed by atoms with E-state index in [9.17, 15) is 0 Å². The van der Waals surface area contributed by atoms with Crippen molar-refractivity contribution in [3.05, 3.63) is 105 Å². The van der Waals surface area contributed by atoms with Crippen LogP contribution in [0.5, 0.6) is 23.0 Å². The molecule has 0 fully saturated rings. The van der Waals surface area contributed by atoms with Gasteiger partial charge in [-0.3, -0.25) is 0 Å². The number of hydrogen-bond donors (Lipinski definition) is 1. The highest BCUT2D eigenvalue weighted by Gasteiger charge is 2.17. The molecule has 0 saturated carbocycles. The van der Waals surface area contributed by atoms with Crippen molar-refractivity contribution in [3.8, 4) is 34.1 Å². The van der Waals surface area contributed by atoms with Crippen LogP contribution in [0.4, 0.5) is 0 Å². The van der Waals surface area contributed by atoms with E-state index >= 15 is 0 Å². The molecule has 41 heavy (non-hydrogen) atoms. The van der Waals surface area contributed by atoms with Gasteiger partial charge in [-0.25, -0.2) is 0 Å². The van der Waals surface area contributed by atoms with Crippen LogP contribution in [0, 0.1) is 13.8 Å². The lowest BCUT2D eigenvalue weighted by Gasteiger charge is -2.18. The summed E-state index contributed by atoms with van der Waals surface area (Å²) in [6.45, 7) is 5.61. The van der Waals surface area contributed by atoms with Crippen LogP contribution in [0.25, 0.3) is 11.1 Å². The van der Waals surface area contributed by atoms with Gasteiger partial charge in [-0.05, 0) is 90.6 Å². The number of benzene rings is 4. The predicted octanol–water partition coefficient (Wildman–Crippen LogP) is 4.32. The van der Waals surface area contributed by atoms with Crippen molar-refractivity contribution in [1.29, 1.82) is 0 Å². The molecule has 0 saturated heterocycles. The minimum Gasteiger partial charge on any atom is -1.00 e. The monoisotopic (exact) mass is 615 g/mol. The van der Waals surface area contributed by atoms with E-state index < -0.39 is 0 Å². The predicted molar refractivity (Wildman–Crippen MR) is 163 cm³/mol. The molecule has 4 rings (SSSR count). The Kier molecular flexibility index (Phi) is 12.0. The first-order valence-corrected chi connectivity index (χ1v) is 14.0. The summed E-state index contributed by atoms with van der Waals surface area (Å²) in [5, 5.41) is 0.999. The lowest BCUT2D eigenvalue weighted by atomic mass is 9.87. The van der Waals surface area contributed by atoms with Gasteiger partial charge in [-0.15, -0.1) is 0 Å². The van der Waals surface area contributed by atoms with E-state index in [1.54, 1.807) is 14.2 Å². The highest BCUT2D eigenvalue weighted by molar-refractivity contribution is 6.37. The van der Waals surface area contributed by atoms with Crippen LogP contribution in [0.15, 0.2) is 72.8 Å². The zero-order valence-electron chi connectivity index (χ0n) is 23.8. The molecular weight excluding hydrogens is 581 g/mol. The van der Waals surface area contributed by atoms with Gasteiger partial charge in [-0.1, -0.05) is 53.5 Å². The van der Waals surface area contributed by atoms with Crippen LogP contribution < -0.4 is 37.1 Å². The average molecular weight is 617 g/mol. The highest BCUT2D eigenvalue weighted by Crippen LogP contribution is 2.36. The first-order valence-electron chi connectivity index (χ1n) is 13.2. The third-order valence-electron chi connectivity index (χ3n) is 6.92. The molecular formula is C33H36Cl3NO4. The Bertz CT molecular complexity index is 1420. The quantitative estimate of drug-likeness (QED) is 0.241. The average Bonchev–Trinajstić information content (AvgIpc) is 2.95. The third-order valence-corrected chi connectivity index (χ3v) is 7.48. The molecule has 1 unspecified atom stereocenters. The summed E-state index contributed by atoms with van der Waals surface area (Å²) >= 11 is 12.5. The Balaban J connectivity index is 0.00000462. The molecule has 0 aliphatic rings. The Labute approximate surface area is 258 Å². The number of quaternary nitrogens is 1. The molecule has 0 spiro atoms. The summed E-state index contributed by atoms with van der Waals surface area (Å²) in [6.07, 6.45) is 0.889. The van der Waals surface area contributed by atoms with Crippen molar-refractivity contribution in [2.45, 2.75) is 26.2 Å². The lowest BCUT2D eigenvalue weighted by Crippen LogP contribution is -3.00.